The van der Waals surface area contributed by atoms with E-state index in [0.717, 1.165) is 24.8 Å². The summed E-state index contributed by atoms with van der Waals surface area (Å²) < 4.78 is 0. The van der Waals surface area contributed by atoms with Gasteiger partial charge in [0.15, 0.2) is 0 Å². The van der Waals surface area contributed by atoms with Crippen LogP contribution in [0.2, 0.25) is 0 Å². The number of hydrogen-bond donors (Lipinski definition) is 2. The summed E-state index contributed by atoms with van der Waals surface area (Å²) in [6, 6.07) is 20.6. The fourth-order valence-corrected chi connectivity index (χ4v) is 2.56. The van der Waals surface area contributed by atoms with Crippen LogP contribution in [0.15, 0.2) is 60.7 Å². The number of nitrogens with one attached hydrogen (secondary N) is 1. The van der Waals surface area contributed by atoms with Gasteiger partial charge in [-0.3, -0.25) is 4.79 Å². The molecular formula is C19H25ClN2O. The standard InChI is InChI=1S/C19H24N2O.ClH/c20-15-14-19(22)21-18(17-11-5-2-6-12-17)13-7-10-16-8-3-1-4-9-16;/h1-6,8-9,11-12,18H,7,10,13-15,20H2,(H,21,22);1H. The first kappa shape index (κ1) is 19.2. The van der Waals surface area contributed by atoms with E-state index in [1.54, 1.807) is 0 Å². The molecule has 2 rings (SSSR count). The van der Waals surface area contributed by atoms with E-state index in [9.17, 15) is 4.79 Å². The Balaban J connectivity index is 0.00000264. The molecular weight excluding hydrogens is 308 g/mol. The Bertz CT molecular complexity index is 560. The third-order valence-electron chi connectivity index (χ3n) is 3.71. The van der Waals surface area contributed by atoms with Gasteiger partial charge in [0, 0.05) is 13.0 Å². The van der Waals surface area contributed by atoms with Gasteiger partial charge in [-0.05, 0) is 30.4 Å². The molecule has 3 nitrogen and oxygen atoms in total. The van der Waals surface area contributed by atoms with E-state index in [0.29, 0.717) is 13.0 Å². The average molecular weight is 333 g/mol. The highest BCUT2D eigenvalue weighted by atomic mass is 35.5. The second-order valence-corrected chi connectivity index (χ2v) is 5.45. The van der Waals surface area contributed by atoms with Crippen LogP contribution < -0.4 is 11.1 Å². The molecule has 1 amide bonds. The first-order valence-electron chi connectivity index (χ1n) is 7.88. The zero-order valence-electron chi connectivity index (χ0n) is 13.3. The summed E-state index contributed by atoms with van der Waals surface area (Å²) in [5.41, 5.74) is 7.95. The van der Waals surface area contributed by atoms with Crippen LogP contribution in [0.3, 0.4) is 0 Å². The zero-order chi connectivity index (χ0) is 15.6. The summed E-state index contributed by atoms with van der Waals surface area (Å²) in [7, 11) is 0. The average Bonchev–Trinajstić information content (AvgIpc) is 2.56. The lowest BCUT2D eigenvalue weighted by molar-refractivity contribution is -0.121. The lowest BCUT2D eigenvalue weighted by atomic mass is 9.99. The first-order chi connectivity index (χ1) is 10.8. The maximum Gasteiger partial charge on any atom is 0.221 e. The Kier molecular flexibility index (Phi) is 9.03. The summed E-state index contributed by atoms with van der Waals surface area (Å²) in [4.78, 5) is 11.9. The summed E-state index contributed by atoms with van der Waals surface area (Å²) in [6.45, 7) is 0.386. The van der Waals surface area contributed by atoms with E-state index in [-0.39, 0.29) is 24.4 Å². The molecule has 4 heteroatoms. The molecule has 0 aliphatic rings. The topological polar surface area (TPSA) is 55.1 Å². The molecule has 0 radical (unpaired) electrons. The maximum absolute atomic E-state index is 11.9. The predicted octanol–water partition coefficient (Wildman–Crippen LogP) is 3.64. The first-order valence-corrected chi connectivity index (χ1v) is 7.88. The van der Waals surface area contributed by atoms with Gasteiger partial charge in [0.2, 0.25) is 5.91 Å². The molecule has 0 saturated carbocycles. The van der Waals surface area contributed by atoms with Gasteiger partial charge in [-0.1, -0.05) is 60.7 Å². The molecule has 0 bridgehead atoms. The van der Waals surface area contributed by atoms with Crippen LogP contribution in [0.4, 0.5) is 0 Å². The largest absolute Gasteiger partial charge is 0.349 e. The predicted molar refractivity (Wildman–Crippen MR) is 97.6 cm³/mol. The number of benzene rings is 2. The Morgan fingerprint density at radius 2 is 1.61 bits per heavy atom. The van der Waals surface area contributed by atoms with Gasteiger partial charge in [-0.15, -0.1) is 12.4 Å². The summed E-state index contributed by atoms with van der Waals surface area (Å²) in [5.74, 6) is 0.0241. The van der Waals surface area contributed by atoms with Gasteiger partial charge in [-0.25, -0.2) is 0 Å². The number of carbonyl (C=O) groups excluding carboxylic acids is 1. The Labute approximate surface area is 144 Å². The molecule has 2 aromatic rings. The molecule has 0 saturated heterocycles. The minimum atomic E-state index is 0. The fraction of sp³-hybridized carbons (Fsp3) is 0.316. The van der Waals surface area contributed by atoms with Crippen molar-refractivity contribution in [2.75, 3.05) is 6.54 Å². The maximum atomic E-state index is 11.9. The van der Waals surface area contributed by atoms with Crippen molar-refractivity contribution in [3.05, 3.63) is 71.8 Å². The highest BCUT2D eigenvalue weighted by molar-refractivity contribution is 5.85. The van der Waals surface area contributed by atoms with Crippen LogP contribution in [-0.4, -0.2) is 12.5 Å². The lowest BCUT2D eigenvalue weighted by Gasteiger charge is -2.19. The van der Waals surface area contributed by atoms with Crippen molar-refractivity contribution in [3.63, 3.8) is 0 Å². The summed E-state index contributed by atoms with van der Waals surface area (Å²) in [5, 5.41) is 3.10. The SMILES string of the molecule is Cl.NCCC(=O)NC(CCCc1ccccc1)c1ccccc1. The second-order valence-electron chi connectivity index (χ2n) is 5.45. The monoisotopic (exact) mass is 332 g/mol. The van der Waals surface area contributed by atoms with Gasteiger partial charge >= 0.3 is 0 Å². The van der Waals surface area contributed by atoms with Crippen molar-refractivity contribution in [3.8, 4) is 0 Å². The summed E-state index contributed by atoms with van der Waals surface area (Å²) >= 11 is 0. The van der Waals surface area contributed by atoms with E-state index >= 15 is 0 Å². The number of rotatable bonds is 8. The van der Waals surface area contributed by atoms with Crippen LogP contribution in [0.25, 0.3) is 0 Å². The van der Waals surface area contributed by atoms with Gasteiger partial charge in [0.05, 0.1) is 6.04 Å². The third kappa shape index (κ3) is 6.85. The molecule has 1 atom stereocenters. The minimum Gasteiger partial charge on any atom is -0.349 e. The molecule has 124 valence electrons. The number of carbonyl (C=O) groups is 1. The van der Waals surface area contributed by atoms with Gasteiger partial charge in [-0.2, -0.15) is 0 Å². The second kappa shape index (κ2) is 10.8. The molecule has 0 aliphatic heterocycles. The van der Waals surface area contributed by atoms with Crippen LogP contribution in [0, 0.1) is 0 Å². The van der Waals surface area contributed by atoms with Crippen LogP contribution >= 0.6 is 12.4 Å². The molecule has 23 heavy (non-hydrogen) atoms. The number of aryl methyl sites for hydroxylation is 1. The van der Waals surface area contributed by atoms with Crippen LogP contribution in [0.5, 0.6) is 0 Å². The van der Waals surface area contributed by atoms with Gasteiger partial charge in [0.25, 0.3) is 0 Å². The molecule has 3 N–H and O–H groups in total. The number of nitrogens with two attached hydrogens (primary N) is 1. The number of hydrogen-bond acceptors (Lipinski definition) is 2. The van der Waals surface area contributed by atoms with Crippen molar-refractivity contribution in [1.29, 1.82) is 0 Å². The number of halogens is 1. The minimum absolute atomic E-state index is 0. The van der Waals surface area contributed by atoms with Crippen LogP contribution in [-0.2, 0) is 11.2 Å². The van der Waals surface area contributed by atoms with Crippen molar-refractivity contribution in [2.45, 2.75) is 31.7 Å². The molecule has 2 aromatic carbocycles. The summed E-state index contributed by atoms with van der Waals surface area (Å²) in [6.07, 6.45) is 3.36. The van der Waals surface area contributed by atoms with E-state index in [1.165, 1.54) is 5.56 Å². The highest BCUT2D eigenvalue weighted by Gasteiger charge is 2.13. The van der Waals surface area contributed by atoms with E-state index in [4.69, 9.17) is 5.73 Å². The van der Waals surface area contributed by atoms with E-state index < -0.39 is 0 Å². The lowest BCUT2D eigenvalue weighted by Crippen LogP contribution is -2.30. The highest BCUT2D eigenvalue weighted by Crippen LogP contribution is 2.20. The van der Waals surface area contributed by atoms with Crippen molar-refractivity contribution < 1.29 is 4.79 Å². The molecule has 0 spiro atoms. The molecule has 0 aromatic heterocycles. The fourth-order valence-electron chi connectivity index (χ4n) is 2.56. The van der Waals surface area contributed by atoms with Crippen molar-refractivity contribution in [1.82, 2.24) is 5.32 Å². The van der Waals surface area contributed by atoms with Gasteiger partial charge < -0.3 is 11.1 Å². The Hall–Kier alpha value is -1.84. The normalized spacial score (nSPS) is 11.3. The van der Waals surface area contributed by atoms with Crippen LogP contribution in [0.1, 0.15) is 36.4 Å². The Morgan fingerprint density at radius 3 is 2.22 bits per heavy atom. The van der Waals surface area contributed by atoms with Crippen molar-refractivity contribution in [2.24, 2.45) is 5.73 Å². The van der Waals surface area contributed by atoms with Crippen molar-refractivity contribution >= 4 is 18.3 Å². The molecule has 1 unspecified atom stereocenters. The quantitative estimate of drug-likeness (QED) is 0.775. The van der Waals surface area contributed by atoms with E-state index in [1.807, 2.05) is 24.3 Å². The van der Waals surface area contributed by atoms with Gasteiger partial charge in [0.1, 0.15) is 0 Å². The third-order valence-corrected chi connectivity index (χ3v) is 3.71. The molecule has 0 fully saturated rings. The molecule has 0 aliphatic carbocycles. The molecule has 0 heterocycles. The number of amides is 1. The smallest absolute Gasteiger partial charge is 0.221 e. The van der Waals surface area contributed by atoms with E-state index in [2.05, 4.69) is 41.7 Å². The Morgan fingerprint density at radius 1 is 1.00 bits per heavy atom. The zero-order valence-corrected chi connectivity index (χ0v) is 14.1.